The van der Waals surface area contributed by atoms with Crippen LogP contribution in [0.1, 0.15) is 0 Å². The van der Waals surface area contributed by atoms with E-state index in [9.17, 15) is 0 Å². The van der Waals surface area contributed by atoms with E-state index >= 15 is 0 Å². The zero-order chi connectivity index (χ0) is 34.4. The van der Waals surface area contributed by atoms with Crippen molar-refractivity contribution in [1.82, 2.24) is 15.0 Å². The largest absolute Gasteiger partial charge is 0.264 e. The van der Waals surface area contributed by atoms with Crippen molar-refractivity contribution in [1.29, 1.82) is 0 Å². The number of pyridine rings is 1. The lowest BCUT2D eigenvalue weighted by atomic mass is 9.90. The maximum absolute atomic E-state index is 5.19. The molecule has 0 saturated heterocycles. The maximum Gasteiger partial charge on any atom is 0.160 e. The van der Waals surface area contributed by atoms with Crippen molar-refractivity contribution in [3.8, 4) is 67.3 Å². The molecule has 0 aliphatic heterocycles. The molecule has 8 aromatic carbocycles. The fourth-order valence-corrected chi connectivity index (χ4v) is 7.51. The van der Waals surface area contributed by atoms with Crippen LogP contribution in [0.2, 0.25) is 0 Å². The first-order valence-corrected chi connectivity index (χ1v) is 17.6. The summed E-state index contributed by atoms with van der Waals surface area (Å²) in [6.07, 6.45) is 3.69. The van der Waals surface area contributed by atoms with Crippen LogP contribution in [0.25, 0.3) is 99.6 Å². The molecule has 0 fully saturated rings. The lowest BCUT2D eigenvalue weighted by molar-refractivity contribution is 1.18. The number of aromatic nitrogens is 3. The molecule has 2 aromatic heterocycles. The third-order valence-corrected chi connectivity index (χ3v) is 10.1. The Bertz CT molecular complexity index is 2850. The quantitative estimate of drug-likeness (QED) is 0.166. The van der Waals surface area contributed by atoms with Gasteiger partial charge in [-0.15, -0.1) is 0 Å². The Kier molecular flexibility index (Phi) is 7.14. The van der Waals surface area contributed by atoms with E-state index in [1.165, 1.54) is 49.0 Å². The highest BCUT2D eigenvalue weighted by atomic mass is 14.9. The van der Waals surface area contributed by atoms with Crippen molar-refractivity contribution in [3.63, 3.8) is 0 Å². The first-order chi connectivity index (χ1) is 25.7. The molecule has 0 radical (unpaired) electrons. The average Bonchev–Trinajstić information content (AvgIpc) is 3.23. The number of hydrogen-bond donors (Lipinski definition) is 0. The summed E-state index contributed by atoms with van der Waals surface area (Å²) in [4.78, 5) is 14.7. The van der Waals surface area contributed by atoms with Crippen LogP contribution in [0.15, 0.2) is 188 Å². The highest BCUT2D eigenvalue weighted by Crippen LogP contribution is 2.40. The second kappa shape index (κ2) is 12.4. The summed E-state index contributed by atoms with van der Waals surface area (Å²) in [7, 11) is 0. The summed E-state index contributed by atoms with van der Waals surface area (Å²) in [5.74, 6) is 0.691. The molecule has 0 spiro atoms. The van der Waals surface area contributed by atoms with Crippen LogP contribution >= 0.6 is 0 Å². The summed E-state index contributed by atoms with van der Waals surface area (Å²) in [5, 5.41) is 7.74. The molecule has 0 saturated carbocycles. The van der Waals surface area contributed by atoms with Gasteiger partial charge in [-0.05, 0) is 83.9 Å². The van der Waals surface area contributed by atoms with E-state index in [-0.39, 0.29) is 0 Å². The summed E-state index contributed by atoms with van der Waals surface area (Å²) in [5.41, 5.74) is 11.7. The number of rotatable bonds is 6. The van der Waals surface area contributed by atoms with Gasteiger partial charge in [0.1, 0.15) is 0 Å². The normalized spacial score (nSPS) is 11.5. The zero-order valence-electron chi connectivity index (χ0n) is 28.2. The highest BCUT2D eigenvalue weighted by molar-refractivity contribution is 6.25. The van der Waals surface area contributed by atoms with E-state index in [4.69, 9.17) is 9.97 Å². The van der Waals surface area contributed by atoms with Crippen LogP contribution in [0.4, 0.5) is 0 Å². The number of nitrogens with zero attached hydrogens (tertiary/aromatic N) is 3. The molecule has 3 heteroatoms. The first-order valence-electron chi connectivity index (χ1n) is 17.6. The van der Waals surface area contributed by atoms with Gasteiger partial charge in [0.25, 0.3) is 0 Å². The van der Waals surface area contributed by atoms with E-state index < -0.39 is 0 Å². The SMILES string of the molecule is c1ccc(-c2cccc(-c3cc(-c4ccc(-c5cccnc5)cc4)nc(-c4ccc(-c5ccc6ccc7cccc8ccc5c6c78)cc4)n3)c2)cc1. The van der Waals surface area contributed by atoms with Crippen molar-refractivity contribution in [3.05, 3.63) is 188 Å². The molecular weight excluding hydrogens is 631 g/mol. The second-order valence-electron chi connectivity index (χ2n) is 13.3. The van der Waals surface area contributed by atoms with Crippen LogP contribution in [-0.4, -0.2) is 15.0 Å². The van der Waals surface area contributed by atoms with Gasteiger partial charge >= 0.3 is 0 Å². The Balaban J connectivity index is 1.08. The number of benzene rings is 8. The molecule has 2 heterocycles. The molecular formula is C49H31N3. The minimum atomic E-state index is 0.691. The van der Waals surface area contributed by atoms with Crippen LogP contribution in [0.5, 0.6) is 0 Å². The summed E-state index contributed by atoms with van der Waals surface area (Å²) in [6, 6.07) is 62.5. The molecule has 0 atom stereocenters. The van der Waals surface area contributed by atoms with E-state index in [1.54, 1.807) is 6.20 Å². The van der Waals surface area contributed by atoms with Crippen molar-refractivity contribution in [2.24, 2.45) is 0 Å². The summed E-state index contributed by atoms with van der Waals surface area (Å²) < 4.78 is 0. The maximum atomic E-state index is 5.19. The van der Waals surface area contributed by atoms with Crippen LogP contribution < -0.4 is 0 Å². The van der Waals surface area contributed by atoms with Gasteiger partial charge in [0.15, 0.2) is 5.82 Å². The molecule has 0 aliphatic carbocycles. The third kappa shape index (κ3) is 5.28. The van der Waals surface area contributed by atoms with Gasteiger partial charge in [0, 0.05) is 29.1 Å². The predicted octanol–water partition coefficient (Wildman–Crippen LogP) is 12.8. The summed E-state index contributed by atoms with van der Waals surface area (Å²) in [6.45, 7) is 0. The Hall–Kier alpha value is -6.97. The topological polar surface area (TPSA) is 38.7 Å². The van der Waals surface area contributed by atoms with E-state index in [0.717, 1.165) is 44.8 Å². The number of hydrogen-bond acceptors (Lipinski definition) is 3. The van der Waals surface area contributed by atoms with Crippen LogP contribution in [0.3, 0.4) is 0 Å². The molecule has 0 unspecified atom stereocenters. The van der Waals surface area contributed by atoms with E-state index in [2.05, 4.69) is 169 Å². The fraction of sp³-hybridized carbons (Fsp3) is 0. The molecule has 3 nitrogen and oxygen atoms in total. The van der Waals surface area contributed by atoms with Crippen molar-refractivity contribution < 1.29 is 0 Å². The van der Waals surface area contributed by atoms with E-state index in [1.807, 2.05) is 18.3 Å². The van der Waals surface area contributed by atoms with Gasteiger partial charge in [-0.2, -0.15) is 0 Å². The third-order valence-electron chi connectivity index (χ3n) is 10.1. The van der Waals surface area contributed by atoms with Crippen molar-refractivity contribution in [2.45, 2.75) is 0 Å². The van der Waals surface area contributed by atoms with Crippen LogP contribution in [-0.2, 0) is 0 Å². The molecule has 52 heavy (non-hydrogen) atoms. The molecule has 0 N–H and O–H groups in total. The molecule has 0 aliphatic rings. The Morgan fingerprint density at radius 2 is 0.904 bits per heavy atom. The highest BCUT2D eigenvalue weighted by Gasteiger charge is 2.15. The van der Waals surface area contributed by atoms with Crippen molar-refractivity contribution in [2.75, 3.05) is 0 Å². The van der Waals surface area contributed by atoms with Gasteiger partial charge in [0.05, 0.1) is 11.4 Å². The van der Waals surface area contributed by atoms with Crippen molar-refractivity contribution >= 4 is 32.3 Å². The lowest BCUT2D eigenvalue weighted by Crippen LogP contribution is -1.96. The first kappa shape index (κ1) is 29.9. The van der Waals surface area contributed by atoms with Gasteiger partial charge in [-0.3, -0.25) is 4.98 Å². The standard InChI is InChI=1S/C49H31N3/c1-2-7-32(8-3-1)40-11-5-12-41(29-40)46-30-45(35-18-14-33(15-19-35)42-13-6-28-50-31-42)51-49(52-46)39-22-16-34(17-23-39)43-26-24-38-21-20-36-9-4-10-37-25-27-44(43)48(38)47(36)37/h1-31H. The Morgan fingerprint density at radius 3 is 1.67 bits per heavy atom. The molecule has 10 rings (SSSR count). The minimum absolute atomic E-state index is 0.691. The van der Waals surface area contributed by atoms with Gasteiger partial charge in [-0.1, -0.05) is 158 Å². The second-order valence-corrected chi connectivity index (χ2v) is 13.3. The fourth-order valence-electron chi connectivity index (χ4n) is 7.51. The summed E-state index contributed by atoms with van der Waals surface area (Å²) >= 11 is 0. The van der Waals surface area contributed by atoms with E-state index in [0.29, 0.717) is 5.82 Å². The van der Waals surface area contributed by atoms with Gasteiger partial charge < -0.3 is 0 Å². The van der Waals surface area contributed by atoms with Gasteiger partial charge in [0.2, 0.25) is 0 Å². The molecule has 0 amide bonds. The Labute approximate surface area is 301 Å². The minimum Gasteiger partial charge on any atom is -0.264 e. The average molecular weight is 662 g/mol. The monoisotopic (exact) mass is 661 g/mol. The molecule has 0 bridgehead atoms. The smallest absolute Gasteiger partial charge is 0.160 e. The van der Waals surface area contributed by atoms with Gasteiger partial charge in [-0.25, -0.2) is 9.97 Å². The molecule has 242 valence electrons. The zero-order valence-corrected chi connectivity index (χ0v) is 28.2. The lowest BCUT2D eigenvalue weighted by Gasteiger charge is -2.14. The Morgan fingerprint density at radius 1 is 0.327 bits per heavy atom. The molecule has 10 aromatic rings. The predicted molar refractivity (Wildman–Crippen MR) is 216 cm³/mol. The van der Waals surface area contributed by atoms with Crippen LogP contribution in [0, 0.1) is 0 Å².